The first-order valence-corrected chi connectivity index (χ1v) is 6.43. The molecule has 2 aromatic carbocycles. The number of hydrogen-bond donors (Lipinski definition) is 3. The number of phenolic OH excluding ortho intramolecular Hbond substituents is 2. The summed E-state index contributed by atoms with van der Waals surface area (Å²) in [5.74, 6) is -0.692. The average molecular weight is 292 g/mol. The van der Waals surface area contributed by atoms with Crippen molar-refractivity contribution in [2.45, 2.75) is 13.0 Å². The Hall–Kier alpha value is -2.20. The molecular weight excluding hydrogens is 278 g/mol. The number of nitrogens with one attached hydrogen (secondary N) is 1. The zero-order valence-electron chi connectivity index (χ0n) is 10.8. The highest BCUT2D eigenvalue weighted by atomic mass is 35.5. The maximum absolute atomic E-state index is 12.0. The van der Waals surface area contributed by atoms with Gasteiger partial charge in [-0.3, -0.25) is 4.79 Å². The predicted octanol–water partition coefficient (Wildman–Crippen LogP) is 3.24. The maximum atomic E-state index is 12.0. The van der Waals surface area contributed by atoms with E-state index in [2.05, 4.69) is 5.32 Å². The Labute approximate surface area is 121 Å². The van der Waals surface area contributed by atoms with Crippen LogP contribution < -0.4 is 5.32 Å². The van der Waals surface area contributed by atoms with Crippen LogP contribution in [-0.2, 0) is 0 Å². The van der Waals surface area contributed by atoms with Gasteiger partial charge in [0.2, 0.25) is 0 Å². The number of phenols is 2. The van der Waals surface area contributed by atoms with Crippen LogP contribution in [0.25, 0.3) is 0 Å². The van der Waals surface area contributed by atoms with Crippen molar-refractivity contribution >= 4 is 17.5 Å². The Morgan fingerprint density at radius 1 is 1.10 bits per heavy atom. The quantitative estimate of drug-likeness (QED) is 0.813. The second-order valence-electron chi connectivity index (χ2n) is 4.48. The lowest BCUT2D eigenvalue weighted by Crippen LogP contribution is -2.26. The normalized spacial score (nSPS) is 11.9. The van der Waals surface area contributed by atoms with Gasteiger partial charge in [-0.05, 0) is 36.8 Å². The van der Waals surface area contributed by atoms with Gasteiger partial charge in [0, 0.05) is 16.7 Å². The largest absolute Gasteiger partial charge is 0.508 e. The van der Waals surface area contributed by atoms with Gasteiger partial charge in [-0.1, -0.05) is 23.7 Å². The number of halogens is 1. The lowest BCUT2D eigenvalue weighted by atomic mass is 10.1. The van der Waals surface area contributed by atoms with Crippen LogP contribution in [-0.4, -0.2) is 16.1 Å². The third-order valence-electron chi connectivity index (χ3n) is 2.88. The van der Waals surface area contributed by atoms with Crippen LogP contribution in [0.4, 0.5) is 0 Å². The second kappa shape index (κ2) is 5.84. The molecule has 0 aliphatic carbocycles. The van der Waals surface area contributed by atoms with Gasteiger partial charge in [-0.2, -0.15) is 0 Å². The summed E-state index contributed by atoms with van der Waals surface area (Å²) in [6.45, 7) is 1.84. The third-order valence-corrected chi connectivity index (χ3v) is 3.13. The van der Waals surface area contributed by atoms with Gasteiger partial charge in [0.05, 0.1) is 6.04 Å². The van der Waals surface area contributed by atoms with E-state index in [0.29, 0.717) is 5.02 Å². The molecule has 0 spiro atoms. The zero-order chi connectivity index (χ0) is 14.7. The van der Waals surface area contributed by atoms with Gasteiger partial charge in [-0.25, -0.2) is 0 Å². The minimum atomic E-state index is -0.376. The molecule has 0 fully saturated rings. The van der Waals surface area contributed by atoms with Gasteiger partial charge in [0.15, 0.2) is 0 Å². The topological polar surface area (TPSA) is 69.6 Å². The Balaban J connectivity index is 2.12. The Morgan fingerprint density at radius 2 is 1.65 bits per heavy atom. The fraction of sp³-hybridized carbons (Fsp3) is 0.133. The number of aromatic hydroxyl groups is 2. The summed E-state index contributed by atoms with van der Waals surface area (Å²) in [4.78, 5) is 12.0. The van der Waals surface area contributed by atoms with Crippen molar-refractivity contribution in [3.05, 3.63) is 58.6 Å². The van der Waals surface area contributed by atoms with E-state index in [1.165, 1.54) is 18.2 Å². The summed E-state index contributed by atoms with van der Waals surface area (Å²) < 4.78 is 0. The fourth-order valence-corrected chi connectivity index (χ4v) is 1.97. The summed E-state index contributed by atoms with van der Waals surface area (Å²) in [5.41, 5.74) is 1.11. The Morgan fingerprint density at radius 3 is 2.20 bits per heavy atom. The molecule has 5 heteroatoms. The molecule has 0 heterocycles. The number of benzene rings is 2. The minimum absolute atomic E-state index is 0.158. The van der Waals surface area contributed by atoms with Crippen molar-refractivity contribution in [1.82, 2.24) is 5.32 Å². The molecule has 2 aromatic rings. The van der Waals surface area contributed by atoms with E-state index in [1.54, 1.807) is 12.1 Å². The van der Waals surface area contributed by atoms with E-state index in [0.717, 1.165) is 5.56 Å². The molecule has 0 saturated carbocycles. The van der Waals surface area contributed by atoms with Crippen LogP contribution in [0.15, 0.2) is 42.5 Å². The molecule has 2 rings (SSSR count). The predicted molar refractivity (Wildman–Crippen MR) is 77.1 cm³/mol. The molecular formula is C15H14ClNO3. The average Bonchev–Trinajstić information content (AvgIpc) is 2.38. The van der Waals surface area contributed by atoms with Crippen molar-refractivity contribution in [1.29, 1.82) is 0 Å². The van der Waals surface area contributed by atoms with Crippen molar-refractivity contribution in [3.63, 3.8) is 0 Å². The van der Waals surface area contributed by atoms with Gasteiger partial charge < -0.3 is 15.5 Å². The van der Waals surface area contributed by atoms with E-state index in [-0.39, 0.29) is 29.0 Å². The molecule has 1 amide bonds. The van der Waals surface area contributed by atoms with Crippen molar-refractivity contribution in [2.75, 3.05) is 0 Å². The van der Waals surface area contributed by atoms with Crippen molar-refractivity contribution in [2.24, 2.45) is 0 Å². The zero-order valence-corrected chi connectivity index (χ0v) is 11.6. The molecule has 4 nitrogen and oxygen atoms in total. The first-order valence-electron chi connectivity index (χ1n) is 6.05. The van der Waals surface area contributed by atoms with Crippen LogP contribution in [0.3, 0.4) is 0 Å². The monoisotopic (exact) mass is 291 g/mol. The first kappa shape index (κ1) is 14.2. The Kier molecular flexibility index (Phi) is 4.15. The van der Waals surface area contributed by atoms with Crippen LogP contribution >= 0.6 is 11.6 Å². The number of carbonyl (C=O) groups excluding carboxylic acids is 1. The molecule has 0 aliphatic heterocycles. The molecule has 0 radical (unpaired) electrons. The van der Waals surface area contributed by atoms with Gasteiger partial charge >= 0.3 is 0 Å². The summed E-state index contributed by atoms with van der Waals surface area (Å²) in [7, 11) is 0. The fourth-order valence-electron chi connectivity index (χ4n) is 1.84. The van der Waals surface area contributed by atoms with E-state index in [1.807, 2.05) is 19.1 Å². The Bertz CT molecular complexity index is 605. The summed E-state index contributed by atoms with van der Waals surface area (Å²) in [6, 6.07) is 10.7. The first-order chi connectivity index (χ1) is 9.45. The third kappa shape index (κ3) is 3.42. The molecule has 0 aromatic heterocycles. The number of carbonyl (C=O) groups is 1. The molecule has 0 saturated heterocycles. The lowest BCUT2D eigenvalue weighted by Gasteiger charge is -2.14. The van der Waals surface area contributed by atoms with E-state index in [9.17, 15) is 15.0 Å². The molecule has 0 aliphatic rings. The molecule has 0 bridgehead atoms. The van der Waals surface area contributed by atoms with Gasteiger partial charge in [0.1, 0.15) is 11.5 Å². The highest BCUT2D eigenvalue weighted by molar-refractivity contribution is 6.30. The van der Waals surface area contributed by atoms with Crippen molar-refractivity contribution < 1.29 is 15.0 Å². The summed E-state index contributed by atoms with van der Waals surface area (Å²) >= 11 is 5.81. The number of hydrogen-bond acceptors (Lipinski definition) is 3. The smallest absolute Gasteiger partial charge is 0.252 e. The summed E-state index contributed by atoms with van der Waals surface area (Å²) in [6.07, 6.45) is 0. The van der Waals surface area contributed by atoms with Gasteiger partial charge in [-0.15, -0.1) is 0 Å². The minimum Gasteiger partial charge on any atom is -0.508 e. The summed E-state index contributed by atoms with van der Waals surface area (Å²) in [5, 5.41) is 22.2. The molecule has 1 unspecified atom stereocenters. The number of amides is 1. The number of rotatable bonds is 3. The van der Waals surface area contributed by atoms with Crippen LogP contribution in [0.2, 0.25) is 5.02 Å². The molecule has 3 N–H and O–H groups in total. The van der Waals surface area contributed by atoms with Crippen LogP contribution in [0.1, 0.15) is 28.9 Å². The van der Waals surface area contributed by atoms with Gasteiger partial charge in [0.25, 0.3) is 5.91 Å². The lowest BCUT2D eigenvalue weighted by molar-refractivity contribution is 0.0939. The second-order valence-corrected chi connectivity index (χ2v) is 4.92. The maximum Gasteiger partial charge on any atom is 0.252 e. The molecule has 20 heavy (non-hydrogen) atoms. The van der Waals surface area contributed by atoms with Crippen molar-refractivity contribution in [3.8, 4) is 11.5 Å². The molecule has 104 valence electrons. The standard InChI is InChI=1S/C15H14ClNO3/c1-9(10-2-4-12(16)5-3-10)17-15(20)11-6-13(18)8-14(19)7-11/h2-9,18-19H,1H3,(H,17,20). The highest BCUT2D eigenvalue weighted by Crippen LogP contribution is 2.21. The molecule has 1 atom stereocenters. The highest BCUT2D eigenvalue weighted by Gasteiger charge is 2.13. The van der Waals surface area contributed by atoms with E-state index >= 15 is 0 Å². The van der Waals surface area contributed by atoms with E-state index < -0.39 is 0 Å². The van der Waals surface area contributed by atoms with Crippen LogP contribution in [0, 0.1) is 0 Å². The SMILES string of the molecule is CC(NC(=O)c1cc(O)cc(O)c1)c1ccc(Cl)cc1. The van der Waals surface area contributed by atoms with Crippen LogP contribution in [0.5, 0.6) is 11.5 Å². The van der Waals surface area contributed by atoms with E-state index in [4.69, 9.17) is 11.6 Å².